The van der Waals surface area contributed by atoms with Crippen LogP contribution in [0.4, 0.5) is 0 Å². The van der Waals surface area contributed by atoms with Crippen molar-refractivity contribution < 1.29 is 23.8 Å². The molecule has 1 aliphatic heterocycles. The van der Waals surface area contributed by atoms with E-state index in [9.17, 15) is 9.59 Å². The van der Waals surface area contributed by atoms with Crippen LogP contribution in [0, 0.1) is 6.92 Å². The molecule has 5 nitrogen and oxygen atoms in total. The Balaban J connectivity index is 2.30. The van der Waals surface area contributed by atoms with Crippen LogP contribution in [0.5, 0.6) is 5.75 Å². The molecular weight excluding hydrogens is 328 g/mol. The molecule has 0 aliphatic carbocycles. The maximum Gasteiger partial charge on any atom is 0.340 e. The van der Waals surface area contributed by atoms with Gasteiger partial charge in [0.05, 0.1) is 29.7 Å². The second-order valence-corrected chi connectivity index (χ2v) is 6.57. The molecular formula is C18H18O5S. The Kier molecular flexibility index (Phi) is 4.32. The molecule has 0 amide bonds. The molecule has 1 aromatic heterocycles. The first-order valence-corrected chi connectivity index (χ1v) is 8.49. The van der Waals surface area contributed by atoms with E-state index in [0.717, 1.165) is 15.6 Å². The lowest BCUT2D eigenvalue weighted by Crippen LogP contribution is -2.29. The summed E-state index contributed by atoms with van der Waals surface area (Å²) in [6.45, 7) is 5.69. The first-order chi connectivity index (χ1) is 11.5. The third-order valence-electron chi connectivity index (χ3n) is 3.88. The van der Waals surface area contributed by atoms with Gasteiger partial charge in [0.1, 0.15) is 11.9 Å². The van der Waals surface area contributed by atoms with E-state index >= 15 is 0 Å². The maximum absolute atomic E-state index is 12.5. The van der Waals surface area contributed by atoms with E-state index in [1.165, 1.54) is 18.4 Å². The Morgan fingerprint density at radius 1 is 1.29 bits per heavy atom. The molecule has 0 radical (unpaired) electrons. The first-order valence-electron chi connectivity index (χ1n) is 7.67. The van der Waals surface area contributed by atoms with Gasteiger partial charge in [0.15, 0.2) is 0 Å². The Morgan fingerprint density at radius 3 is 2.71 bits per heavy atom. The van der Waals surface area contributed by atoms with Crippen molar-refractivity contribution in [1.82, 2.24) is 0 Å². The molecule has 3 rings (SSSR count). The zero-order chi connectivity index (χ0) is 17.4. The minimum atomic E-state index is -0.595. The molecule has 0 bridgehead atoms. The van der Waals surface area contributed by atoms with Crippen molar-refractivity contribution >= 4 is 38.9 Å². The summed E-state index contributed by atoms with van der Waals surface area (Å²) in [5.74, 6) is -0.482. The fourth-order valence-electron chi connectivity index (χ4n) is 2.82. The molecule has 1 aliphatic rings. The van der Waals surface area contributed by atoms with Crippen molar-refractivity contribution in [2.75, 3.05) is 13.7 Å². The van der Waals surface area contributed by atoms with Gasteiger partial charge < -0.3 is 14.2 Å². The summed E-state index contributed by atoms with van der Waals surface area (Å²) in [5.41, 5.74) is 1.54. The van der Waals surface area contributed by atoms with Crippen LogP contribution in [0.15, 0.2) is 23.8 Å². The minimum Gasteiger partial charge on any atom is -0.484 e. The lowest BCUT2D eigenvalue weighted by molar-refractivity contribution is -0.139. The molecule has 0 spiro atoms. The van der Waals surface area contributed by atoms with Crippen LogP contribution in [0.3, 0.4) is 0 Å². The molecule has 24 heavy (non-hydrogen) atoms. The van der Waals surface area contributed by atoms with Gasteiger partial charge in [0.25, 0.3) is 0 Å². The predicted octanol–water partition coefficient (Wildman–Crippen LogP) is 3.48. The van der Waals surface area contributed by atoms with Crippen molar-refractivity contribution in [3.63, 3.8) is 0 Å². The average molecular weight is 346 g/mol. The van der Waals surface area contributed by atoms with Gasteiger partial charge in [-0.1, -0.05) is 11.6 Å². The number of fused-ring (bicyclic) bond motifs is 3. The van der Waals surface area contributed by atoms with E-state index in [2.05, 4.69) is 0 Å². The Bertz CT molecular complexity index is 862. The number of esters is 2. The highest BCUT2D eigenvalue weighted by Crippen LogP contribution is 2.47. The smallest absolute Gasteiger partial charge is 0.340 e. The highest BCUT2D eigenvalue weighted by atomic mass is 32.1. The number of thiophene rings is 1. The number of ether oxygens (including phenoxy) is 3. The van der Waals surface area contributed by atoms with Gasteiger partial charge in [0, 0.05) is 10.1 Å². The summed E-state index contributed by atoms with van der Waals surface area (Å²) >= 11 is 1.41. The predicted molar refractivity (Wildman–Crippen MR) is 92.2 cm³/mol. The Labute approximate surface area is 143 Å². The maximum atomic E-state index is 12.5. The van der Waals surface area contributed by atoms with Crippen LogP contribution in [-0.4, -0.2) is 31.8 Å². The zero-order valence-electron chi connectivity index (χ0n) is 14.0. The summed E-state index contributed by atoms with van der Waals surface area (Å²) in [7, 11) is 1.29. The Hall–Kier alpha value is -2.34. The fourth-order valence-corrected chi connectivity index (χ4v) is 3.98. The van der Waals surface area contributed by atoms with Crippen LogP contribution in [0.25, 0.3) is 15.7 Å². The zero-order valence-corrected chi connectivity index (χ0v) is 14.8. The Morgan fingerprint density at radius 2 is 2.04 bits per heavy atom. The highest BCUT2D eigenvalue weighted by molar-refractivity contribution is 7.20. The number of aryl methyl sites for hydroxylation is 1. The lowest BCUT2D eigenvalue weighted by atomic mass is 9.98. The number of hydrogen-bond acceptors (Lipinski definition) is 6. The number of carbonyl (C=O) groups excluding carboxylic acids is 2. The molecule has 0 saturated carbocycles. The summed E-state index contributed by atoms with van der Waals surface area (Å²) in [6, 6.07) is 6.01. The van der Waals surface area contributed by atoms with E-state index in [1.807, 2.05) is 25.1 Å². The number of carbonyl (C=O) groups is 2. The van der Waals surface area contributed by atoms with Crippen LogP contribution in [-0.2, 0) is 19.1 Å². The largest absolute Gasteiger partial charge is 0.484 e. The van der Waals surface area contributed by atoms with Crippen molar-refractivity contribution in [3.8, 4) is 5.75 Å². The molecule has 1 aromatic carbocycles. The van der Waals surface area contributed by atoms with Crippen molar-refractivity contribution in [2.45, 2.75) is 26.9 Å². The third-order valence-corrected chi connectivity index (χ3v) is 5.05. The average Bonchev–Trinajstić information content (AvgIpc) is 2.90. The van der Waals surface area contributed by atoms with E-state index in [1.54, 1.807) is 13.8 Å². The van der Waals surface area contributed by atoms with Crippen LogP contribution in [0.2, 0.25) is 0 Å². The SMILES string of the molecule is CCOC(=O)C1=C(C(=O)OC)[C@@H](C)Oc2c1sc1ccc(C)cc21. The van der Waals surface area contributed by atoms with E-state index in [0.29, 0.717) is 10.6 Å². The summed E-state index contributed by atoms with van der Waals surface area (Å²) in [4.78, 5) is 25.4. The van der Waals surface area contributed by atoms with Crippen LogP contribution in [0.1, 0.15) is 24.3 Å². The normalized spacial score (nSPS) is 16.6. The second kappa shape index (κ2) is 6.28. The molecule has 0 fully saturated rings. The van der Waals surface area contributed by atoms with Crippen molar-refractivity contribution in [2.24, 2.45) is 0 Å². The van der Waals surface area contributed by atoms with Gasteiger partial charge in [-0.15, -0.1) is 11.3 Å². The first kappa shape index (κ1) is 16.5. The summed E-state index contributed by atoms with van der Waals surface area (Å²) in [6.07, 6.45) is -0.595. The number of benzene rings is 1. The molecule has 0 saturated heterocycles. The molecule has 2 heterocycles. The molecule has 126 valence electrons. The van der Waals surface area contributed by atoms with Gasteiger partial charge in [-0.05, 0) is 32.9 Å². The van der Waals surface area contributed by atoms with Gasteiger partial charge in [-0.25, -0.2) is 9.59 Å². The van der Waals surface area contributed by atoms with Crippen molar-refractivity contribution in [1.29, 1.82) is 0 Å². The number of rotatable bonds is 3. The van der Waals surface area contributed by atoms with E-state index < -0.39 is 18.0 Å². The second-order valence-electron chi connectivity index (χ2n) is 5.52. The molecule has 0 N–H and O–H groups in total. The molecule has 1 atom stereocenters. The topological polar surface area (TPSA) is 61.8 Å². The van der Waals surface area contributed by atoms with Crippen LogP contribution >= 0.6 is 11.3 Å². The fraction of sp³-hybridized carbons (Fsp3) is 0.333. The number of hydrogen-bond donors (Lipinski definition) is 0. The molecule has 6 heteroatoms. The number of methoxy groups -OCH3 is 1. The lowest BCUT2D eigenvalue weighted by Gasteiger charge is -2.25. The molecule has 2 aromatic rings. The van der Waals surface area contributed by atoms with Gasteiger partial charge in [-0.3, -0.25) is 0 Å². The van der Waals surface area contributed by atoms with Gasteiger partial charge in [0.2, 0.25) is 0 Å². The monoisotopic (exact) mass is 346 g/mol. The minimum absolute atomic E-state index is 0.201. The summed E-state index contributed by atoms with van der Waals surface area (Å²) < 4.78 is 17.0. The van der Waals surface area contributed by atoms with Gasteiger partial charge >= 0.3 is 11.9 Å². The van der Waals surface area contributed by atoms with E-state index in [-0.39, 0.29) is 17.8 Å². The van der Waals surface area contributed by atoms with Crippen molar-refractivity contribution in [3.05, 3.63) is 34.2 Å². The quantitative estimate of drug-likeness (QED) is 0.796. The molecule has 0 unspecified atom stereocenters. The van der Waals surface area contributed by atoms with Gasteiger partial charge in [-0.2, -0.15) is 0 Å². The highest BCUT2D eigenvalue weighted by Gasteiger charge is 2.37. The standard InChI is InChI=1S/C18H18O5S/c1-5-22-18(20)14-13(17(19)21-4)10(3)23-15-11-8-9(2)6-7-12(11)24-16(14)15/h6-8,10H,5H2,1-4H3/t10-/m1/s1. The third kappa shape index (κ3) is 2.57. The summed E-state index contributed by atoms with van der Waals surface area (Å²) in [5, 5.41) is 0.938. The van der Waals surface area contributed by atoms with E-state index in [4.69, 9.17) is 14.2 Å². The van der Waals surface area contributed by atoms with Crippen LogP contribution < -0.4 is 4.74 Å².